The summed E-state index contributed by atoms with van der Waals surface area (Å²) in [6.07, 6.45) is 2.34. The van der Waals surface area contributed by atoms with Gasteiger partial charge in [0, 0.05) is 6.20 Å². The summed E-state index contributed by atoms with van der Waals surface area (Å²) < 4.78 is 1.23. The highest BCUT2D eigenvalue weighted by atomic mass is 35.5. The van der Waals surface area contributed by atoms with Gasteiger partial charge in [0.25, 0.3) is 0 Å². The first kappa shape index (κ1) is 12.6. The third-order valence-electron chi connectivity index (χ3n) is 2.28. The number of hydrogen-bond donors (Lipinski definition) is 1. The lowest BCUT2D eigenvalue weighted by Gasteiger charge is -2.05. The van der Waals surface area contributed by atoms with Gasteiger partial charge in [0.15, 0.2) is 17.2 Å². The van der Waals surface area contributed by atoms with Crippen molar-refractivity contribution in [2.24, 2.45) is 0 Å². The maximum atomic E-state index is 10.8. The second-order valence-electron chi connectivity index (χ2n) is 3.37. The van der Waals surface area contributed by atoms with E-state index in [1.54, 1.807) is 6.07 Å². The van der Waals surface area contributed by atoms with Crippen LogP contribution in [-0.4, -0.2) is 25.6 Å². The Balaban J connectivity index is 2.61. The third kappa shape index (κ3) is 2.10. The van der Waals surface area contributed by atoms with E-state index >= 15 is 0 Å². The van der Waals surface area contributed by atoms with E-state index in [0.29, 0.717) is 0 Å². The molecule has 7 nitrogen and oxygen atoms in total. The van der Waals surface area contributed by atoms with Crippen LogP contribution in [0.1, 0.15) is 21.7 Å². The lowest BCUT2D eigenvalue weighted by atomic mass is 10.3. The molecular formula is C11H4ClN5O2. The Hall–Kier alpha value is -2.90. The lowest BCUT2D eigenvalue weighted by Crippen LogP contribution is -2.04. The van der Waals surface area contributed by atoms with Crippen LogP contribution in [0.25, 0.3) is 5.82 Å². The minimum atomic E-state index is -1.16. The molecular weight excluding hydrogens is 270 g/mol. The van der Waals surface area contributed by atoms with Crippen molar-refractivity contribution < 1.29 is 9.90 Å². The van der Waals surface area contributed by atoms with Gasteiger partial charge in [-0.2, -0.15) is 10.5 Å². The number of aromatic nitrogens is 3. The van der Waals surface area contributed by atoms with Crippen molar-refractivity contribution in [3.05, 3.63) is 40.6 Å². The zero-order valence-electron chi connectivity index (χ0n) is 9.20. The van der Waals surface area contributed by atoms with E-state index in [2.05, 4.69) is 9.97 Å². The Kier molecular flexibility index (Phi) is 3.15. The number of nitrogens with zero attached hydrogens (tertiary/aromatic N) is 5. The first-order valence-electron chi connectivity index (χ1n) is 4.85. The van der Waals surface area contributed by atoms with Gasteiger partial charge < -0.3 is 5.11 Å². The molecule has 0 saturated heterocycles. The van der Waals surface area contributed by atoms with Gasteiger partial charge in [-0.1, -0.05) is 11.6 Å². The molecule has 2 rings (SSSR count). The normalized spacial score (nSPS) is 9.63. The Morgan fingerprint density at radius 3 is 2.63 bits per heavy atom. The number of hydrogen-bond acceptors (Lipinski definition) is 5. The highest BCUT2D eigenvalue weighted by molar-refractivity contribution is 6.32. The van der Waals surface area contributed by atoms with Crippen molar-refractivity contribution in [2.45, 2.75) is 0 Å². The number of halogens is 1. The topological polar surface area (TPSA) is 116 Å². The maximum absolute atomic E-state index is 10.8. The molecule has 0 atom stereocenters. The van der Waals surface area contributed by atoms with E-state index in [0.717, 1.165) is 6.20 Å². The van der Waals surface area contributed by atoms with E-state index in [9.17, 15) is 4.79 Å². The SMILES string of the molecule is N#Cc1ncn(-c2ncc(C(=O)O)cc2Cl)c1C#N. The Bertz CT molecular complexity index is 753. The van der Waals surface area contributed by atoms with Crippen molar-refractivity contribution in [3.63, 3.8) is 0 Å². The lowest BCUT2D eigenvalue weighted by molar-refractivity contribution is 0.0696. The predicted octanol–water partition coefficient (Wildman–Crippen LogP) is 1.36. The van der Waals surface area contributed by atoms with Crippen LogP contribution < -0.4 is 0 Å². The van der Waals surface area contributed by atoms with Gasteiger partial charge in [-0.25, -0.2) is 14.8 Å². The standard InChI is InChI=1S/C11H4ClN5O2/c12-7-1-6(11(18)19)4-15-10(7)17-5-16-8(2-13)9(17)3-14/h1,4-5H,(H,18,19). The number of carbonyl (C=O) groups is 1. The summed E-state index contributed by atoms with van der Waals surface area (Å²) in [5.74, 6) is -1.03. The summed E-state index contributed by atoms with van der Waals surface area (Å²) in [6, 6.07) is 4.80. The fraction of sp³-hybridized carbons (Fsp3) is 0. The average Bonchev–Trinajstić information content (AvgIpc) is 2.80. The summed E-state index contributed by atoms with van der Waals surface area (Å²) in [6.45, 7) is 0. The first-order valence-corrected chi connectivity index (χ1v) is 5.23. The third-order valence-corrected chi connectivity index (χ3v) is 2.55. The van der Waals surface area contributed by atoms with E-state index < -0.39 is 5.97 Å². The van der Waals surface area contributed by atoms with E-state index in [4.69, 9.17) is 27.2 Å². The molecule has 2 heterocycles. The van der Waals surface area contributed by atoms with E-state index in [1.165, 1.54) is 17.0 Å². The van der Waals surface area contributed by atoms with Gasteiger partial charge in [-0.3, -0.25) is 4.57 Å². The zero-order valence-corrected chi connectivity index (χ0v) is 9.96. The second kappa shape index (κ2) is 4.77. The number of carboxylic acids is 1. The van der Waals surface area contributed by atoms with Crippen LogP contribution in [0.5, 0.6) is 0 Å². The summed E-state index contributed by atoms with van der Waals surface area (Å²) >= 11 is 5.92. The van der Waals surface area contributed by atoms with Crippen LogP contribution in [-0.2, 0) is 0 Å². The summed E-state index contributed by atoms with van der Waals surface area (Å²) in [5, 5.41) is 26.6. The Morgan fingerprint density at radius 2 is 2.11 bits per heavy atom. The van der Waals surface area contributed by atoms with Crippen LogP contribution in [0.2, 0.25) is 5.02 Å². The van der Waals surface area contributed by atoms with Crippen molar-refractivity contribution in [1.82, 2.24) is 14.5 Å². The predicted molar refractivity (Wildman–Crippen MR) is 62.8 cm³/mol. The molecule has 0 unspecified atom stereocenters. The fourth-order valence-corrected chi connectivity index (χ4v) is 1.68. The molecule has 0 fully saturated rings. The first-order chi connectivity index (χ1) is 9.08. The van der Waals surface area contributed by atoms with Crippen molar-refractivity contribution in [2.75, 3.05) is 0 Å². The smallest absolute Gasteiger partial charge is 0.337 e. The van der Waals surface area contributed by atoms with Crippen molar-refractivity contribution >= 4 is 17.6 Å². The molecule has 0 aliphatic heterocycles. The van der Waals surface area contributed by atoms with Crippen LogP contribution in [0.4, 0.5) is 0 Å². The van der Waals surface area contributed by atoms with Gasteiger partial charge in [-0.15, -0.1) is 0 Å². The van der Waals surface area contributed by atoms with Crippen molar-refractivity contribution in [3.8, 4) is 18.0 Å². The minimum Gasteiger partial charge on any atom is -0.478 e. The minimum absolute atomic E-state index is 0.0139. The molecule has 0 aromatic carbocycles. The van der Waals surface area contributed by atoms with Gasteiger partial charge in [-0.05, 0) is 6.07 Å². The molecule has 0 saturated carbocycles. The molecule has 8 heteroatoms. The highest BCUT2D eigenvalue weighted by Gasteiger charge is 2.16. The van der Waals surface area contributed by atoms with Gasteiger partial charge in [0.2, 0.25) is 0 Å². The Labute approximate surface area is 111 Å². The molecule has 0 radical (unpaired) electrons. The van der Waals surface area contributed by atoms with Gasteiger partial charge >= 0.3 is 5.97 Å². The number of rotatable bonds is 2. The Morgan fingerprint density at radius 1 is 1.37 bits per heavy atom. The molecule has 0 aliphatic carbocycles. The second-order valence-corrected chi connectivity index (χ2v) is 3.78. The summed E-state index contributed by atoms with van der Waals surface area (Å²) in [7, 11) is 0. The quantitative estimate of drug-likeness (QED) is 0.883. The molecule has 1 N–H and O–H groups in total. The molecule has 2 aromatic rings. The summed E-state index contributed by atoms with van der Waals surface area (Å²) in [5.41, 5.74) is -0.143. The van der Waals surface area contributed by atoms with Crippen molar-refractivity contribution in [1.29, 1.82) is 10.5 Å². The average molecular weight is 274 g/mol. The number of aromatic carboxylic acids is 1. The molecule has 0 bridgehead atoms. The maximum Gasteiger partial charge on any atom is 0.337 e. The highest BCUT2D eigenvalue weighted by Crippen LogP contribution is 2.21. The van der Waals surface area contributed by atoms with E-state index in [1.807, 2.05) is 6.07 Å². The molecule has 0 amide bonds. The summed E-state index contributed by atoms with van der Waals surface area (Å²) in [4.78, 5) is 18.4. The molecule has 0 spiro atoms. The number of imidazole rings is 1. The van der Waals surface area contributed by atoms with Crippen LogP contribution in [0.15, 0.2) is 18.6 Å². The van der Waals surface area contributed by atoms with Gasteiger partial charge in [0.05, 0.1) is 10.6 Å². The number of nitriles is 2. The molecule has 0 aliphatic rings. The molecule has 19 heavy (non-hydrogen) atoms. The van der Waals surface area contributed by atoms with Crippen LogP contribution in [0.3, 0.4) is 0 Å². The van der Waals surface area contributed by atoms with Crippen LogP contribution in [0, 0.1) is 22.7 Å². The fourth-order valence-electron chi connectivity index (χ4n) is 1.42. The number of carboxylic acid groups (broad SMARTS) is 1. The molecule has 92 valence electrons. The number of pyridine rings is 1. The monoisotopic (exact) mass is 273 g/mol. The zero-order chi connectivity index (χ0) is 14.0. The molecule has 2 aromatic heterocycles. The largest absolute Gasteiger partial charge is 0.478 e. The van der Waals surface area contributed by atoms with Crippen LogP contribution >= 0.6 is 11.6 Å². The van der Waals surface area contributed by atoms with Gasteiger partial charge in [0.1, 0.15) is 18.5 Å². The van der Waals surface area contributed by atoms with E-state index in [-0.39, 0.29) is 27.8 Å².